The minimum atomic E-state index is -3.73. The average molecular weight is 352 g/mol. The first-order valence-corrected chi connectivity index (χ1v) is 8.75. The Labute approximate surface area is 140 Å². The monoisotopic (exact) mass is 352 g/mol. The number of methoxy groups -OCH3 is 2. The number of pyridine rings is 1. The standard InChI is InChI=1S/C16H20N2O5S/c1-12-10-13(22-2)11-16(19)18(12)9-8-17-24(20,21)15-7-5-4-6-14(15)23-3/h4-7,10-11,17H,8-9H2,1-3H3. The maximum atomic E-state index is 12.4. The minimum absolute atomic E-state index is 0.0614. The smallest absolute Gasteiger partial charge is 0.254 e. The number of nitrogens with zero attached hydrogens (tertiary/aromatic N) is 1. The molecule has 0 atom stereocenters. The Morgan fingerprint density at radius 3 is 2.46 bits per heavy atom. The summed E-state index contributed by atoms with van der Waals surface area (Å²) < 4.78 is 38.8. The first-order chi connectivity index (χ1) is 11.4. The molecule has 0 aliphatic carbocycles. The third-order valence-electron chi connectivity index (χ3n) is 3.53. The molecule has 1 heterocycles. The quantitative estimate of drug-likeness (QED) is 0.808. The summed E-state index contributed by atoms with van der Waals surface area (Å²) in [5.74, 6) is 0.742. The number of ether oxygens (including phenoxy) is 2. The van der Waals surface area contributed by atoms with E-state index in [4.69, 9.17) is 9.47 Å². The molecule has 0 aliphatic heterocycles. The maximum Gasteiger partial charge on any atom is 0.254 e. The number of nitrogens with one attached hydrogen (secondary N) is 1. The van der Waals surface area contributed by atoms with Crippen LogP contribution in [-0.4, -0.2) is 33.7 Å². The number of benzene rings is 1. The highest BCUT2D eigenvalue weighted by atomic mass is 32.2. The lowest BCUT2D eigenvalue weighted by molar-refractivity contribution is 0.402. The van der Waals surface area contributed by atoms with E-state index >= 15 is 0 Å². The van der Waals surface area contributed by atoms with Crippen LogP contribution in [0.4, 0.5) is 0 Å². The molecular formula is C16H20N2O5S. The van der Waals surface area contributed by atoms with Crippen molar-refractivity contribution in [3.05, 3.63) is 52.4 Å². The normalized spacial score (nSPS) is 11.3. The highest BCUT2D eigenvalue weighted by Gasteiger charge is 2.18. The van der Waals surface area contributed by atoms with Crippen LogP contribution in [0.25, 0.3) is 0 Å². The number of hydrogen-bond acceptors (Lipinski definition) is 5. The second-order valence-corrected chi connectivity index (χ2v) is 6.81. The van der Waals surface area contributed by atoms with E-state index < -0.39 is 10.0 Å². The summed E-state index contributed by atoms with van der Waals surface area (Å²) in [6, 6.07) is 9.43. The van der Waals surface area contributed by atoms with E-state index in [1.165, 1.54) is 30.9 Å². The van der Waals surface area contributed by atoms with Crippen molar-refractivity contribution in [1.29, 1.82) is 0 Å². The van der Waals surface area contributed by atoms with Crippen LogP contribution in [0.15, 0.2) is 46.1 Å². The molecule has 0 radical (unpaired) electrons. The zero-order chi connectivity index (χ0) is 17.7. The molecule has 2 rings (SSSR count). The van der Waals surface area contributed by atoms with Crippen molar-refractivity contribution in [3.63, 3.8) is 0 Å². The molecule has 1 aromatic carbocycles. The van der Waals surface area contributed by atoms with Gasteiger partial charge in [-0.25, -0.2) is 13.1 Å². The molecule has 24 heavy (non-hydrogen) atoms. The van der Waals surface area contributed by atoms with Crippen molar-refractivity contribution in [2.45, 2.75) is 18.4 Å². The minimum Gasteiger partial charge on any atom is -0.496 e. The number of aryl methyl sites for hydroxylation is 1. The molecule has 0 amide bonds. The van der Waals surface area contributed by atoms with Gasteiger partial charge in [-0.05, 0) is 25.1 Å². The average Bonchev–Trinajstić information content (AvgIpc) is 2.57. The van der Waals surface area contributed by atoms with Gasteiger partial charge in [-0.3, -0.25) is 4.79 Å². The van der Waals surface area contributed by atoms with Gasteiger partial charge >= 0.3 is 0 Å². The summed E-state index contributed by atoms with van der Waals surface area (Å²) in [6.45, 7) is 2.05. The predicted octanol–water partition coefficient (Wildman–Crippen LogP) is 1.15. The fraction of sp³-hybridized carbons (Fsp3) is 0.312. The van der Waals surface area contributed by atoms with Crippen LogP contribution in [-0.2, 0) is 16.6 Å². The zero-order valence-corrected chi connectivity index (χ0v) is 14.6. The van der Waals surface area contributed by atoms with E-state index in [-0.39, 0.29) is 29.3 Å². The lowest BCUT2D eigenvalue weighted by Gasteiger charge is -2.13. The van der Waals surface area contributed by atoms with Gasteiger partial charge in [0.2, 0.25) is 10.0 Å². The molecule has 1 N–H and O–H groups in total. The predicted molar refractivity (Wildman–Crippen MR) is 90.2 cm³/mol. The summed E-state index contributed by atoms with van der Waals surface area (Å²) >= 11 is 0. The molecule has 0 saturated heterocycles. The Morgan fingerprint density at radius 1 is 1.12 bits per heavy atom. The van der Waals surface area contributed by atoms with Gasteiger partial charge in [0.25, 0.3) is 5.56 Å². The molecule has 2 aromatic rings. The van der Waals surface area contributed by atoms with Crippen LogP contribution in [0, 0.1) is 6.92 Å². The zero-order valence-electron chi connectivity index (χ0n) is 13.8. The second-order valence-electron chi connectivity index (χ2n) is 5.08. The van der Waals surface area contributed by atoms with E-state index in [9.17, 15) is 13.2 Å². The van der Waals surface area contributed by atoms with Gasteiger partial charge in [0, 0.05) is 24.8 Å². The van der Waals surface area contributed by atoms with E-state index in [0.717, 1.165) is 0 Å². The Morgan fingerprint density at radius 2 is 1.83 bits per heavy atom. The summed E-state index contributed by atoms with van der Waals surface area (Å²) in [5.41, 5.74) is 0.444. The van der Waals surface area contributed by atoms with Crippen LogP contribution < -0.4 is 19.8 Å². The van der Waals surface area contributed by atoms with Gasteiger partial charge in [-0.15, -0.1) is 0 Å². The molecule has 0 unspecified atom stereocenters. The molecule has 130 valence electrons. The van der Waals surface area contributed by atoms with Crippen molar-refractivity contribution in [3.8, 4) is 11.5 Å². The fourth-order valence-corrected chi connectivity index (χ4v) is 3.50. The molecule has 8 heteroatoms. The number of aromatic nitrogens is 1. The lowest BCUT2D eigenvalue weighted by Crippen LogP contribution is -2.31. The Bertz CT molecular complexity index is 874. The summed E-state index contributed by atoms with van der Waals surface area (Å²) in [6.07, 6.45) is 0. The molecule has 0 saturated carbocycles. The van der Waals surface area contributed by atoms with Crippen LogP contribution in [0.5, 0.6) is 11.5 Å². The summed E-state index contributed by atoms with van der Waals surface area (Å²) in [7, 11) is -0.829. The molecule has 0 spiro atoms. The molecule has 7 nitrogen and oxygen atoms in total. The number of rotatable bonds is 7. The van der Waals surface area contributed by atoms with E-state index in [0.29, 0.717) is 11.4 Å². The van der Waals surface area contributed by atoms with Crippen LogP contribution in [0.1, 0.15) is 5.69 Å². The Kier molecular flexibility index (Phi) is 5.63. The molecule has 0 bridgehead atoms. The highest BCUT2D eigenvalue weighted by Crippen LogP contribution is 2.22. The van der Waals surface area contributed by atoms with Crippen molar-refractivity contribution in [1.82, 2.24) is 9.29 Å². The van der Waals surface area contributed by atoms with Crippen molar-refractivity contribution >= 4 is 10.0 Å². The van der Waals surface area contributed by atoms with Gasteiger partial charge < -0.3 is 14.0 Å². The van der Waals surface area contributed by atoms with E-state index in [2.05, 4.69) is 4.72 Å². The Hall–Kier alpha value is -2.32. The Balaban J connectivity index is 2.13. The number of para-hydroxylation sites is 1. The number of hydrogen-bond donors (Lipinski definition) is 1. The topological polar surface area (TPSA) is 86.6 Å². The molecule has 0 aliphatic rings. The molecule has 1 aromatic heterocycles. The van der Waals surface area contributed by atoms with Crippen LogP contribution in [0.2, 0.25) is 0 Å². The fourth-order valence-electron chi connectivity index (χ4n) is 2.31. The third-order valence-corrected chi connectivity index (χ3v) is 5.03. The van der Waals surface area contributed by atoms with E-state index in [1.54, 1.807) is 31.2 Å². The maximum absolute atomic E-state index is 12.4. The van der Waals surface area contributed by atoms with Gasteiger partial charge in [-0.2, -0.15) is 0 Å². The van der Waals surface area contributed by atoms with E-state index in [1.807, 2.05) is 0 Å². The first kappa shape index (κ1) is 18.0. The van der Waals surface area contributed by atoms with Crippen LogP contribution in [0.3, 0.4) is 0 Å². The molecule has 0 fully saturated rings. The van der Waals surface area contributed by atoms with Crippen LogP contribution >= 0.6 is 0 Å². The second kappa shape index (κ2) is 7.50. The van der Waals surface area contributed by atoms with Gasteiger partial charge in [0.1, 0.15) is 16.4 Å². The first-order valence-electron chi connectivity index (χ1n) is 7.27. The largest absolute Gasteiger partial charge is 0.496 e. The molecular weight excluding hydrogens is 332 g/mol. The highest BCUT2D eigenvalue weighted by molar-refractivity contribution is 7.89. The van der Waals surface area contributed by atoms with Crippen molar-refractivity contribution in [2.24, 2.45) is 0 Å². The summed E-state index contributed by atoms with van der Waals surface area (Å²) in [5, 5.41) is 0. The summed E-state index contributed by atoms with van der Waals surface area (Å²) in [4.78, 5) is 12.1. The van der Waals surface area contributed by atoms with Crippen molar-refractivity contribution in [2.75, 3.05) is 20.8 Å². The number of sulfonamides is 1. The van der Waals surface area contributed by atoms with Gasteiger partial charge in [0.15, 0.2) is 0 Å². The SMILES string of the molecule is COc1cc(C)n(CCNS(=O)(=O)c2ccccc2OC)c(=O)c1. The third kappa shape index (κ3) is 3.95. The van der Waals surface area contributed by atoms with Gasteiger partial charge in [-0.1, -0.05) is 12.1 Å². The lowest BCUT2D eigenvalue weighted by atomic mass is 10.3. The van der Waals surface area contributed by atoms with Crippen molar-refractivity contribution < 1.29 is 17.9 Å². The van der Waals surface area contributed by atoms with Gasteiger partial charge in [0.05, 0.1) is 14.2 Å².